The van der Waals surface area contributed by atoms with Gasteiger partial charge in [-0.15, -0.1) is 0 Å². The van der Waals surface area contributed by atoms with Crippen LogP contribution in [-0.4, -0.2) is 36.1 Å². The predicted molar refractivity (Wildman–Crippen MR) is 114 cm³/mol. The highest BCUT2D eigenvalue weighted by Crippen LogP contribution is 2.31. The monoisotopic (exact) mass is 387 g/mol. The zero-order valence-corrected chi connectivity index (χ0v) is 16.5. The van der Waals surface area contributed by atoms with Crippen molar-refractivity contribution in [2.24, 2.45) is 0 Å². The first-order valence-electron chi connectivity index (χ1n) is 9.93. The summed E-state index contributed by atoms with van der Waals surface area (Å²) in [7, 11) is 1.66. The van der Waals surface area contributed by atoms with Gasteiger partial charge in [0.2, 0.25) is 0 Å². The van der Waals surface area contributed by atoms with Crippen molar-refractivity contribution in [3.05, 3.63) is 95.1 Å². The molecule has 1 saturated heterocycles. The standard InChI is InChI=1S/C25H25NO3/c1-29-22-10-8-20(9-11-22)21-13-14-26(17-21)25(28)23-16-19(7-12-24(23)27)15-18-5-3-2-4-6-18/h2-12,16,21,27H,13-15,17H2,1H3. The minimum atomic E-state index is -0.103. The summed E-state index contributed by atoms with van der Waals surface area (Å²) < 4.78 is 5.22. The van der Waals surface area contributed by atoms with Crippen molar-refractivity contribution in [3.8, 4) is 11.5 Å². The van der Waals surface area contributed by atoms with E-state index >= 15 is 0 Å². The van der Waals surface area contributed by atoms with Gasteiger partial charge in [0.05, 0.1) is 12.7 Å². The molecule has 148 valence electrons. The quantitative estimate of drug-likeness (QED) is 0.695. The topological polar surface area (TPSA) is 49.8 Å². The van der Waals surface area contributed by atoms with Crippen LogP contribution in [0.1, 0.15) is 39.4 Å². The molecule has 0 radical (unpaired) electrons. The molecule has 1 aliphatic heterocycles. The van der Waals surface area contributed by atoms with Crippen molar-refractivity contribution in [2.45, 2.75) is 18.8 Å². The van der Waals surface area contributed by atoms with E-state index in [1.165, 1.54) is 11.1 Å². The number of benzene rings is 3. The van der Waals surface area contributed by atoms with Crippen LogP contribution in [0.25, 0.3) is 0 Å². The molecule has 1 aliphatic rings. The van der Waals surface area contributed by atoms with E-state index in [-0.39, 0.29) is 11.7 Å². The molecule has 0 saturated carbocycles. The number of likely N-dealkylation sites (tertiary alicyclic amines) is 1. The molecule has 4 nitrogen and oxygen atoms in total. The second-order valence-electron chi connectivity index (χ2n) is 7.52. The lowest BCUT2D eigenvalue weighted by atomic mass is 9.98. The van der Waals surface area contributed by atoms with Gasteiger partial charge < -0.3 is 14.7 Å². The average molecular weight is 387 g/mol. The summed E-state index contributed by atoms with van der Waals surface area (Å²) in [6.45, 7) is 1.35. The molecule has 1 unspecified atom stereocenters. The molecule has 0 aromatic heterocycles. The van der Waals surface area contributed by atoms with E-state index in [2.05, 4.69) is 24.3 Å². The summed E-state index contributed by atoms with van der Waals surface area (Å²) in [4.78, 5) is 14.9. The number of aromatic hydroxyl groups is 1. The zero-order valence-electron chi connectivity index (χ0n) is 16.5. The smallest absolute Gasteiger partial charge is 0.257 e. The first-order chi connectivity index (χ1) is 14.1. The number of carbonyl (C=O) groups excluding carboxylic acids is 1. The number of hydrogen-bond donors (Lipinski definition) is 1. The number of methoxy groups -OCH3 is 1. The summed E-state index contributed by atoms with van der Waals surface area (Å²) in [5.74, 6) is 1.08. The third-order valence-electron chi connectivity index (χ3n) is 5.61. The summed E-state index contributed by atoms with van der Waals surface area (Å²) >= 11 is 0. The van der Waals surface area contributed by atoms with Crippen LogP contribution in [0, 0.1) is 0 Å². The minimum Gasteiger partial charge on any atom is -0.507 e. The number of phenolic OH excluding ortho intramolecular Hbond substituents is 1. The summed E-state index contributed by atoms with van der Waals surface area (Å²) in [5, 5.41) is 10.3. The Balaban J connectivity index is 1.48. The van der Waals surface area contributed by atoms with E-state index in [4.69, 9.17) is 4.74 Å². The minimum absolute atomic E-state index is 0.0414. The van der Waals surface area contributed by atoms with Crippen molar-refractivity contribution < 1.29 is 14.6 Å². The molecular weight excluding hydrogens is 362 g/mol. The maximum Gasteiger partial charge on any atom is 0.257 e. The fraction of sp³-hybridized carbons (Fsp3) is 0.240. The Morgan fingerprint density at radius 3 is 2.52 bits per heavy atom. The van der Waals surface area contributed by atoms with E-state index in [1.54, 1.807) is 13.2 Å². The number of phenols is 1. The molecule has 1 N–H and O–H groups in total. The Morgan fingerprint density at radius 2 is 1.79 bits per heavy atom. The van der Waals surface area contributed by atoms with Gasteiger partial charge in [0.15, 0.2) is 0 Å². The maximum absolute atomic E-state index is 13.1. The highest BCUT2D eigenvalue weighted by molar-refractivity contribution is 5.97. The Bertz CT molecular complexity index is 983. The first-order valence-corrected chi connectivity index (χ1v) is 9.93. The van der Waals surface area contributed by atoms with Gasteiger partial charge in [-0.25, -0.2) is 0 Å². The van der Waals surface area contributed by atoms with Crippen LogP contribution in [0.2, 0.25) is 0 Å². The van der Waals surface area contributed by atoms with Crippen molar-refractivity contribution in [2.75, 3.05) is 20.2 Å². The Morgan fingerprint density at radius 1 is 1.03 bits per heavy atom. The predicted octanol–water partition coefficient (Wildman–Crippen LogP) is 4.62. The van der Waals surface area contributed by atoms with Gasteiger partial charge >= 0.3 is 0 Å². The molecular formula is C25H25NO3. The second kappa shape index (κ2) is 8.39. The normalized spacial score (nSPS) is 16.0. The van der Waals surface area contributed by atoms with E-state index in [9.17, 15) is 9.90 Å². The van der Waals surface area contributed by atoms with Gasteiger partial charge in [-0.3, -0.25) is 4.79 Å². The van der Waals surface area contributed by atoms with Crippen LogP contribution in [0.15, 0.2) is 72.8 Å². The van der Waals surface area contributed by atoms with Crippen molar-refractivity contribution >= 4 is 5.91 Å². The molecule has 1 fully saturated rings. The van der Waals surface area contributed by atoms with E-state index in [1.807, 2.05) is 47.4 Å². The van der Waals surface area contributed by atoms with E-state index < -0.39 is 0 Å². The zero-order chi connectivity index (χ0) is 20.2. The number of nitrogens with zero attached hydrogens (tertiary/aromatic N) is 1. The molecule has 3 aromatic carbocycles. The first kappa shape index (κ1) is 19.1. The molecule has 1 atom stereocenters. The van der Waals surface area contributed by atoms with Gasteiger partial charge in [0, 0.05) is 19.0 Å². The number of amides is 1. The molecule has 4 heteroatoms. The van der Waals surface area contributed by atoms with Crippen LogP contribution in [0.4, 0.5) is 0 Å². The fourth-order valence-corrected chi connectivity index (χ4v) is 3.96. The molecule has 0 spiro atoms. The SMILES string of the molecule is COc1ccc(C2CCN(C(=O)c3cc(Cc4ccccc4)ccc3O)C2)cc1. The third kappa shape index (κ3) is 4.27. The number of hydrogen-bond acceptors (Lipinski definition) is 3. The highest BCUT2D eigenvalue weighted by Gasteiger charge is 2.29. The summed E-state index contributed by atoms with van der Waals surface area (Å²) in [6, 6.07) is 23.5. The number of ether oxygens (including phenoxy) is 1. The van der Waals surface area contributed by atoms with Crippen molar-refractivity contribution in [1.82, 2.24) is 4.90 Å². The van der Waals surface area contributed by atoms with Gasteiger partial charge in [0.25, 0.3) is 5.91 Å². The van der Waals surface area contributed by atoms with Crippen LogP contribution < -0.4 is 4.74 Å². The maximum atomic E-state index is 13.1. The van der Waals surface area contributed by atoms with Gasteiger partial charge in [-0.1, -0.05) is 48.5 Å². The fourth-order valence-electron chi connectivity index (χ4n) is 3.96. The Hall–Kier alpha value is -3.27. The summed E-state index contributed by atoms with van der Waals surface area (Å²) in [6.07, 6.45) is 1.65. The molecule has 1 amide bonds. The lowest BCUT2D eigenvalue weighted by molar-refractivity contribution is 0.0787. The number of rotatable bonds is 5. The van der Waals surface area contributed by atoms with Crippen LogP contribution >= 0.6 is 0 Å². The van der Waals surface area contributed by atoms with Gasteiger partial charge in [0.1, 0.15) is 11.5 Å². The highest BCUT2D eigenvalue weighted by atomic mass is 16.5. The average Bonchev–Trinajstić information content (AvgIpc) is 3.26. The lowest BCUT2D eigenvalue weighted by Crippen LogP contribution is -2.28. The molecule has 0 bridgehead atoms. The van der Waals surface area contributed by atoms with Gasteiger partial charge in [-0.05, 0) is 53.8 Å². The second-order valence-corrected chi connectivity index (χ2v) is 7.52. The molecule has 4 rings (SSSR count). The van der Waals surface area contributed by atoms with Gasteiger partial charge in [-0.2, -0.15) is 0 Å². The Labute approximate surface area is 171 Å². The molecule has 0 aliphatic carbocycles. The van der Waals surface area contributed by atoms with Crippen LogP contribution in [-0.2, 0) is 6.42 Å². The number of carbonyl (C=O) groups is 1. The van der Waals surface area contributed by atoms with Crippen LogP contribution in [0.5, 0.6) is 11.5 Å². The summed E-state index contributed by atoms with van der Waals surface area (Å²) in [5.41, 5.74) is 3.79. The molecule has 1 heterocycles. The molecule has 3 aromatic rings. The lowest BCUT2D eigenvalue weighted by Gasteiger charge is -2.18. The van der Waals surface area contributed by atoms with Crippen molar-refractivity contribution in [3.63, 3.8) is 0 Å². The third-order valence-corrected chi connectivity index (χ3v) is 5.61. The van der Waals surface area contributed by atoms with Crippen LogP contribution in [0.3, 0.4) is 0 Å². The van der Waals surface area contributed by atoms with E-state index in [0.717, 1.165) is 24.2 Å². The van der Waals surface area contributed by atoms with E-state index in [0.29, 0.717) is 24.6 Å². The largest absolute Gasteiger partial charge is 0.507 e. The molecule has 29 heavy (non-hydrogen) atoms. The Kier molecular flexibility index (Phi) is 5.52. The van der Waals surface area contributed by atoms with Crippen molar-refractivity contribution in [1.29, 1.82) is 0 Å².